The molecule has 3 rings (SSSR count). The molecule has 1 saturated heterocycles. The summed E-state index contributed by atoms with van der Waals surface area (Å²) in [5.74, 6) is -0.626. The van der Waals surface area contributed by atoms with Gasteiger partial charge in [0.05, 0.1) is 11.8 Å². The number of primary amides is 1. The third kappa shape index (κ3) is 4.19. The summed E-state index contributed by atoms with van der Waals surface area (Å²) in [6.07, 6.45) is 3.58. The summed E-state index contributed by atoms with van der Waals surface area (Å²) >= 11 is 0. The summed E-state index contributed by atoms with van der Waals surface area (Å²) in [4.78, 5) is 25.8. The first kappa shape index (κ1) is 17.9. The molecule has 2 amide bonds. The zero-order valence-corrected chi connectivity index (χ0v) is 14.5. The third-order valence-electron chi connectivity index (χ3n) is 4.47. The Balaban J connectivity index is 1.71. The molecule has 1 aliphatic heterocycles. The van der Waals surface area contributed by atoms with Crippen LogP contribution in [0.4, 0.5) is 4.39 Å². The first-order valence-electron chi connectivity index (χ1n) is 8.41. The standard InChI is InChI=1S/C18H21FN4O3/c1-22-10-13(9-21-22)18(25)23-7-6-16(12(11-23)8-17(20)24)26-15-4-2-14(19)3-5-15/h2-5,9-10,12,16H,6-8,11H2,1H3,(H2,20,24)/t12-,16-/m0/s1. The predicted molar refractivity (Wildman–Crippen MR) is 91.8 cm³/mol. The molecule has 1 fully saturated rings. The number of aryl methyl sites for hydroxylation is 1. The van der Waals surface area contributed by atoms with Crippen LogP contribution in [0.1, 0.15) is 23.2 Å². The molecule has 0 radical (unpaired) electrons. The van der Waals surface area contributed by atoms with Crippen molar-refractivity contribution in [2.24, 2.45) is 18.7 Å². The first-order chi connectivity index (χ1) is 12.4. The van der Waals surface area contributed by atoms with E-state index in [1.54, 1.807) is 35.0 Å². The Hall–Kier alpha value is -2.90. The van der Waals surface area contributed by atoms with E-state index in [0.29, 0.717) is 30.8 Å². The number of nitrogens with two attached hydrogens (primary N) is 1. The second-order valence-electron chi connectivity index (χ2n) is 6.48. The number of hydrogen-bond donors (Lipinski definition) is 1. The van der Waals surface area contributed by atoms with E-state index in [-0.39, 0.29) is 30.2 Å². The van der Waals surface area contributed by atoms with E-state index in [0.717, 1.165) is 0 Å². The Morgan fingerprint density at radius 2 is 2.08 bits per heavy atom. The van der Waals surface area contributed by atoms with Gasteiger partial charge in [-0.25, -0.2) is 4.39 Å². The number of piperidine rings is 1. The number of hydrogen-bond acceptors (Lipinski definition) is 4. The van der Waals surface area contributed by atoms with Crippen LogP contribution in [-0.4, -0.2) is 45.7 Å². The van der Waals surface area contributed by atoms with E-state index in [1.807, 2.05) is 0 Å². The molecule has 26 heavy (non-hydrogen) atoms. The fourth-order valence-corrected chi connectivity index (χ4v) is 3.21. The minimum absolute atomic E-state index is 0.114. The second kappa shape index (κ2) is 7.55. The number of amides is 2. The number of likely N-dealkylation sites (tertiary alicyclic amines) is 1. The summed E-state index contributed by atoms with van der Waals surface area (Å²) in [5.41, 5.74) is 5.88. The Labute approximate surface area is 150 Å². The minimum atomic E-state index is -0.446. The highest BCUT2D eigenvalue weighted by molar-refractivity contribution is 5.93. The van der Waals surface area contributed by atoms with Crippen LogP contribution in [0.5, 0.6) is 5.75 Å². The maximum Gasteiger partial charge on any atom is 0.257 e. The first-order valence-corrected chi connectivity index (χ1v) is 8.41. The summed E-state index contributed by atoms with van der Waals surface area (Å²) < 4.78 is 20.6. The highest BCUT2D eigenvalue weighted by atomic mass is 19.1. The number of ether oxygens (including phenoxy) is 1. The van der Waals surface area contributed by atoms with Crippen LogP contribution in [0.25, 0.3) is 0 Å². The van der Waals surface area contributed by atoms with Gasteiger partial charge < -0.3 is 15.4 Å². The average Bonchev–Trinajstić information content (AvgIpc) is 3.03. The zero-order valence-electron chi connectivity index (χ0n) is 14.5. The zero-order chi connectivity index (χ0) is 18.7. The number of benzene rings is 1. The molecule has 2 N–H and O–H groups in total. The second-order valence-corrected chi connectivity index (χ2v) is 6.48. The van der Waals surface area contributed by atoms with E-state index in [1.165, 1.54) is 18.3 Å². The number of carbonyl (C=O) groups is 2. The number of halogens is 1. The van der Waals surface area contributed by atoms with Gasteiger partial charge in [-0.05, 0) is 24.3 Å². The van der Waals surface area contributed by atoms with Gasteiger partial charge in [-0.15, -0.1) is 0 Å². The van der Waals surface area contributed by atoms with Crippen molar-refractivity contribution in [2.45, 2.75) is 18.9 Å². The Bertz CT molecular complexity index is 790. The van der Waals surface area contributed by atoms with Crippen molar-refractivity contribution in [2.75, 3.05) is 13.1 Å². The van der Waals surface area contributed by atoms with Crippen LogP contribution in [0, 0.1) is 11.7 Å². The highest BCUT2D eigenvalue weighted by Crippen LogP contribution is 2.26. The lowest BCUT2D eigenvalue weighted by molar-refractivity contribution is -0.120. The van der Waals surface area contributed by atoms with Gasteiger partial charge >= 0.3 is 0 Å². The third-order valence-corrected chi connectivity index (χ3v) is 4.47. The van der Waals surface area contributed by atoms with Crippen molar-refractivity contribution < 1.29 is 18.7 Å². The molecule has 0 unspecified atom stereocenters. The summed E-state index contributed by atoms with van der Waals surface area (Å²) in [7, 11) is 1.75. The van der Waals surface area contributed by atoms with Crippen LogP contribution in [0.3, 0.4) is 0 Å². The van der Waals surface area contributed by atoms with E-state index in [2.05, 4.69) is 5.10 Å². The van der Waals surface area contributed by atoms with Crippen LogP contribution in [-0.2, 0) is 11.8 Å². The molecule has 7 nitrogen and oxygen atoms in total. The van der Waals surface area contributed by atoms with Crippen LogP contribution >= 0.6 is 0 Å². The van der Waals surface area contributed by atoms with Crippen LogP contribution in [0.15, 0.2) is 36.7 Å². The van der Waals surface area contributed by atoms with E-state index < -0.39 is 5.91 Å². The van der Waals surface area contributed by atoms with Crippen LogP contribution in [0.2, 0.25) is 0 Å². The monoisotopic (exact) mass is 360 g/mol. The molecule has 0 spiro atoms. The molecule has 2 atom stereocenters. The molecule has 8 heteroatoms. The Morgan fingerprint density at radius 3 is 2.69 bits per heavy atom. The SMILES string of the molecule is Cn1cc(C(=O)N2CC[C@H](Oc3ccc(F)cc3)[C@@H](CC(N)=O)C2)cn1. The molecule has 138 valence electrons. The smallest absolute Gasteiger partial charge is 0.257 e. The molecular formula is C18H21FN4O3. The topological polar surface area (TPSA) is 90.5 Å². The highest BCUT2D eigenvalue weighted by Gasteiger charge is 2.34. The van der Waals surface area contributed by atoms with Gasteiger partial charge in [-0.3, -0.25) is 14.3 Å². The quantitative estimate of drug-likeness (QED) is 0.871. The van der Waals surface area contributed by atoms with Gasteiger partial charge in [-0.2, -0.15) is 5.10 Å². The van der Waals surface area contributed by atoms with E-state index in [9.17, 15) is 14.0 Å². The number of nitrogens with zero attached hydrogens (tertiary/aromatic N) is 3. The van der Waals surface area contributed by atoms with Crippen molar-refractivity contribution in [3.8, 4) is 5.75 Å². The lowest BCUT2D eigenvalue weighted by atomic mass is 9.90. The molecule has 1 aromatic heterocycles. The number of carbonyl (C=O) groups excluding carboxylic acids is 2. The molecule has 0 saturated carbocycles. The number of aromatic nitrogens is 2. The average molecular weight is 360 g/mol. The summed E-state index contributed by atoms with van der Waals surface area (Å²) in [5, 5.41) is 4.02. The summed E-state index contributed by atoms with van der Waals surface area (Å²) in [6, 6.07) is 5.73. The largest absolute Gasteiger partial charge is 0.490 e. The normalized spacial score (nSPS) is 20.0. The van der Waals surface area contributed by atoms with E-state index in [4.69, 9.17) is 10.5 Å². The molecular weight excluding hydrogens is 339 g/mol. The molecule has 2 aromatic rings. The Kier molecular flexibility index (Phi) is 5.20. The fourth-order valence-electron chi connectivity index (χ4n) is 3.21. The van der Waals surface area contributed by atoms with Gasteiger partial charge in [0.25, 0.3) is 5.91 Å². The van der Waals surface area contributed by atoms with Crippen molar-refractivity contribution in [3.05, 3.63) is 48.0 Å². The van der Waals surface area contributed by atoms with Crippen molar-refractivity contribution in [1.82, 2.24) is 14.7 Å². The van der Waals surface area contributed by atoms with Crippen LogP contribution < -0.4 is 10.5 Å². The maximum absolute atomic E-state index is 13.0. The van der Waals surface area contributed by atoms with Crippen molar-refractivity contribution in [3.63, 3.8) is 0 Å². The van der Waals surface area contributed by atoms with Gasteiger partial charge in [0, 0.05) is 45.1 Å². The predicted octanol–water partition coefficient (Wildman–Crippen LogP) is 1.34. The molecule has 1 aromatic carbocycles. The molecule has 2 heterocycles. The molecule has 1 aliphatic rings. The van der Waals surface area contributed by atoms with Crippen molar-refractivity contribution >= 4 is 11.8 Å². The van der Waals surface area contributed by atoms with Gasteiger partial charge in [0.15, 0.2) is 0 Å². The lowest BCUT2D eigenvalue weighted by Gasteiger charge is -2.38. The van der Waals surface area contributed by atoms with Crippen molar-refractivity contribution in [1.29, 1.82) is 0 Å². The van der Waals surface area contributed by atoms with Gasteiger partial charge in [-0.1, -0.05) is 0 Å². The number of rotatable bonds is 5. The van der Waals surface area contributed by atoms with Gasteiger partial charge in [0.2, 0.25) is 5.91 Å². The fraction of sp³-hybridized carbons (Fsp3) is 0.389. The minimum Gasteiger partial charge on any atom is -0.490 e. The van der Waals surface area contributed by atoms with Gasteiger partial charge in [0.1, 0.15) is 17.7 Å². The maximum atomic E-state index is 13.0. The Morgan fingerprint density at radius 1 is 1.35 bits per heavy atom. The molecule has 0 aliphatic carbocycles. The van der Waals surface area contributed by atoms with E-state index >= 15 is 0 Å². The summed E-state index contributed by atoms with van der Waals surface area (Å²) in [6.45, 7) is 0.859. The lowest BCUT2D eigenvalue weighted by Crippen LogP contribution is -2.49. The molecule has 0 bridgehead atoms.